The summed E-state index contributed by atoms with van der Waals surface area (Å²) in [6, 6.07) is 9.75. The topological polar surface area (TPSA) is 65.7 Å². The number of ether oxygens (including phenoxy) is 2. The van der Waals surface area contributed by atoms with Crippen LogP contribution in [-0.4, -0.2) is 25.0 Å². The van der Waals surface area contributed by atoms with Gasteiger partial charge in [-0.2, -0.15) is 0 Å². The minimum Gasteiger partial charge on any atom is -0.449 e. The molecule has 2 aromatic carbocycles. The second-order valence-corrected chi connectivity index (χ2v) is 5.88. The number of methoxy groups -OCH3 is 1. The summed E-state index contributed by atoms with van der Waals surface area (Å²) in [4.78, 5) is 24.9. The van der Waals surface area contributed by atoms with Crippen LogP contribution in [0.2, 0.25) is 0 Å². The molecule has 0 aliphatic heterocycles. The molecule has 5 nitrogen and oxygen atoms in total. The highest BCUT2D eigenvalue weighted by Gasteiger charge is 2.26. The van der Waals surface area contributed by atoms with Crippen molar-refractivity contribution in [2.24, 2.45) is 0 Å². The molecule has 1 aromatic heterocycles. The van der Waals surface area contributed by atoms with E-state index in [1.807, 2.05) is 0 Å². The van der Waals surface area contributed by atoms with Crippen LogP contribution in [-0.2, 0) is 16.1 Å². The van der Waals surface area contributed by atoms with Crippen molar-refractivity contribution in [2.45, 2.75) is 19.6 Å². The van der Waals surface area contributed by atoms with E-state index in [9.17, 15) is 18.4 Å². The molecule has 3 rings (SSSR count). The zero-order valence-electron chi connectivity index (χ0n) is 14.6. The number of esters is 1. The van der Waals surface area contributed by atoms with Gasteiger partial charge in [0.15, 0.2) is 17.7 Å². The van der Waals surface area contributed by atoms with Gasteiger partial charge in [0.05, 0.1) is 6.61 Å². The number of halogens is 2. The molecule has 0 fully saturated rings. The fraction of sp³-hybridized carbons (Fsp3) is 0.200. The van der Waals surface area contributed by atoms with E-state index in [-0.39, 0.29) is 17.9 Å². The number of hydrogen-bond donors (Lipinski definition) is 0. The molecule has 0 amide bonds. The smallest absolute Gasteiger partial charge is 0.375 e. The first-order valence-corrected chi connectivity index (χ1v) is 8.12. The highest BCUT2D eigenvalue weighted by atomic mass is 19.2. The average molecular weight is 374 g/mol. The molecule has 1 atom stereocenters. The van der Waals surface area contributed by atoms with Crippen molar-refractivity contribution >= 4 is 22.7 Å². The minimum atomic E-state index is -1.22. The molecule has 7 heteroatoms. The fourth-order valence-electron chi connectivity index (χ4n) is 2.70. The van der Waals surface area contributed by atoms with Crippen molar-refractivity contribution in [1.82, 2.24) is 0 Å². The Balaban J connectivity index is 1.84. The quantitative estimate of drug-likeness (QED) is 0.476. The van der Waals surface area contributed by atoms with Crippen molar-refractivity contribution in [3.05, 3.63) is 71.0 Å². The van der Waals surface area contributed by atoms with Crippen molar-refractivity contribution in [2.75, 3.05) is 7.11 Å². The van der Waals surface area contributed by atoms with Crippen LogP contribution in [0.15, 0.2) is 46.9 Å². The molecular formula is C20H16F2O5. The summed E-state index contributed by atoms with van der Waals surface area (Å²) in [5.74, 6) is -3.79. The maximum atomic E-state index is 13.3. The molecule has 0 saturated heterocycles. The molecule has 140 valence electrons. The summed E-state index contributed by atoms with van der Waals surface area (Å²) < 4.78 is 42.2. The highest BCUT2D eigenvalue weighted by Crippen LogP contribution is 2.27. The third-order valence-electron chi connectivity index (χ3n) is 4.03. The van der Waals surface area contributed by atoms with Crippen LogP contribution in [0.5, 0.6) is 0 Å². The number of ketones is 1. The standard InChI is InChI=1S/C20H16F2O5/c1-11(18(23)12-7-8-15(21)16(22)9-12)26-20(24)19-14(10-25-2)13-5-3-4-6-17(13)27-19/h3-9,11H,10H2,1-2H3. The predicted molar refractivity (Wildman–Crippen MR) is 92.5 cm³/mol. The van der Waals surface area contributed by atoms with E-state index in [4.69, 9.17) is 13.9 Å². The van der Waals surface area contributed by atoms with E-state index in [0.29, 0.717) is 16.5 Å². The SMILES string of the molecule is COCc1c(C(=O)OC(C)C(=O)c2ccc(F)c(F)c2)oc2ccccc12. The lowest BCUT2D eigenvalue weighted by Crippen LogP contribution is -2.25. The van der Waals surface area contributed by atoms with Gasteiger partial charge >= 0.3 is 5.97 Å². The molecular weight excluding hydrogens is 358 g/mol. The molecule has 0 aliphatic carbocycles. The van der Waals surface area contributed by atoms with Crippen molar-refractivity contribution in [1.29, 1.82) is 0 Å². The predicted octanol–water partition coefficient (Wildman–Crippen LogP) is 4.29. The summed E-state index contributed by atoms with van der Waals surface area (Å²) in [5.41, 5.74) is 0.887. The van der Waals surface area contributed by atoms with Crippen molar-refractivity contribution in [3.63, 3.8) is 0 Å². The van der Waals surface area contributed by atoms with Crippen molar-refractivity contribution in [3.8, 4) is 0 Å². The lowest BCUT2D eigenvalue weighted by atomic mass is 10.1. The van der Waals surface area contributed by atoms with Gasteiger partial charge in [0, 0.05) is 23.6 Å². The van der Waals surface area contributed by atoms with E-state index in [1.165, 1.54) is 14.0 Å². The van der Waals surface area contributed by atoms with Gasteiger partial charge in [0.25, 0.3) is 0 Å². The minimum absolute atomic E-state index is 0.0667. The summed E-state index contributed by atoms with van der Waals surface area (Å²) in [6.07, 6.45) is -1.22. The molecule has 0 N–H and O–H groups in total. The van der Waals surface area contributed by atoms with Crippen LogP contribution >= 0.6 is 0 Å². The number of Topliss-reactive ketones (excluding diaryl/α,β-unsaturated/α-hetero) is 1. The Morgan fingerprint density at radius 3 is 2.56 bits per heavy atom. The Bertz CT molecular complexity index is 1010. The number of carbonyl (C=O) groups excluding carboxylic acids is 2. The number of fused-ring (bicyclic) bond motifs is 1. The van der Waals surface area contributed by atoms with Crippen LogP contribution in [0, 0.1) is 11.6 Å². The molecule has 0 saturated carbocycles. The number of rotatable bonds is 6. The fourth-order valence-corrected chi connectivity index (χ4v) is 2.70. The van der Waals surface area contributed by atoms with Gasteiger partial charge in [0.2, 0.25) is 11.5 Å². The largest absolute Gasteiger partial charge is 0.449 e. The number of furan rings is 1. The maximum absolute atomic E-state index is 13.3. The van der Waals surface area contributed by atoms with E-state index in [1.54, 1.807) is 24.3 Å². The lowest BCUT2D eigenvalue weighted by Gasteiger charge is -2.12. The Labute approximate surface area is 153 Å². The van der Waals surface area contributed by atoms with Crippen LogP contribution in [0.25, 0.3) is 11.0 Å². The van der Waals surface area contributed by atoms with Gasteiger partial charge in [-0.05, 0) is 31.2 Å². The molecule has 0 aliphatic rings. The first-order valence-electron chi connectivity index (χ1n) is 8.12. The zero-order valence-corrected chi connectivity index (χ0v) is 14.6. The average Bonchev–Trinajstić information content (AvgIpc) is 3.02. The second kappa shape index (κ2) is 7.67. The van der Waals surface area contributed by atoms with E-state index in [0.717, 1.165) is 18.2 Å². The van der Waals surface area contributed by atoms with Gasteiger partial charge in [-0.1, -0.05) is 18.2 Å². The van der Waals surface area contributed by atoms with Gasteiger partial charge in [0.1, 0.15) is 5.58 Å². The van der Waals surface area contributed by atoms with Gasteiger partial charge < -0.3 is 13.9 Å². The number of hydrogen-bond acceptors (Lipinski definition) is 5. The van der Waals surface area contributed by atoms with E-state index >= 15 is 0 Å². The third kappa shape index (κ3) is 3.73. The maximum Gasteiger partial charge on any atom is 0.375 e. The van der Waals surface area contributed by atoms with Crippen LogP contribution in [0.3, 0.4) is 0 Å². The molecule has 0 spiro atoms. The van der Waals surface area contributed by atoms with Crippen LogP contribution in [0.4, 0.5) is 8.78 Å². The van der Waals surface area contributed by atoms with Crippen LogP contribution in [0.1, 0.15) is 33.4 Å². The second-order valence-electron chi connectivity index (χ2n) is 5.88. The highest BCUT2D eigenvalue weighted by molar-refractivity contribution is 6.02. The number of carbonyl (C=O) groups is 2. The normalized spacial score (nSPS) is 12.1. The van der Waals surface area contributed by atoms with Gasteiger partial charge in [-0.15, -0.1) is 0 Å². The van der Waals surface area contributed by atoms with Gasteiger partial charge in [-0.3, -0.25) is 4.79 Å². The van der Waals surface area contributed by atoms with Crippen LogP contribution < -0.4 is 0 Å². The molecule has 1 heterocycles. The molecule has 27 heavy (non-hydrogen) atoms. The van der Waals surface area contributed by atoms with Gasteiger partial charge in [-0.25, -0.2) is 13.6 Å². The molecule has 3 aromatic rings. The Morgan fingerprint density at radius 2 is 1.85 bits per heavy atom. The zero-order chi connectivity index (χ0) is 19.6. The molecule has 0 radical (unpaired) electrons. The molecule has 1 unspecified atom stereocenters. The summed E-state index contributed by atoms with van der Waals surface area (Å²) in [5, 5.41) is 0.700. The van der Waals surface area contributed by atoms with E-state index < -0.39 is 29.5 Å². The summed E-state index contributed by atoms with van der Waals surface area (Å²) in [6.45, 7) is 1.47. The monoisotopic (exact) mass is 374 g/mol. The Kier molecular flexibility index (Phi) is 5.32. The Hall–Kier alpha value is -3.06. The lowest BCUT2D eigenvalue weighted by molar-refractivity contribution is 0.0286. The Morgan fingerprint density at radius 1 is 1.11 bits per heavy atom. The van der Waals surface area contributed by atoms with E-state index in [2.05, 4.69) is 0 Å². The first-order chi connectivity index (χ1) is 12.9. The van der Waals surface area contributed by atoms with Crippen molar-refractivity contribution < 1.29 is 32.3 Å². The third-order valence-corrected chi connectivity index (χ3v) is 4.03. The molecule has 0 bridgehead atoms. The number of para-hydroxylation sites is 1. The summed E-state index contributed by atoms with van der Waals surface area (Å²) in [7, 11) is 1.48. The first kappa shape index (κ1) is 18.7. The summed E-state index contributed by atoms with van der Waals surface area (Å²) >= 11 is 0. The number of benzene rings is 2.